The van der Waals surface area contributed by atoms with E-state index in [0.29, 0.717) is 0 Å². The van der Waals surface area contributed by atoms with Crippen LogP contribution >= 0.6 is 0 Å². The normalized spacial score (nSPS) is 16.9. The molecule has 2 rings (SSSR count). The summed E-state index contributed by atoms with van der Waals surface area (Å²) in [4.78, 5) is 16.6. The summed E-state index contributed by atoms with van der Waals surface area (Å²) in [7, 11) is 1.54. The van der Waals surface area contributed by atoms with Crippen molar-refractivity contribution in [3.63, 3.8) is 0 Å². The highest BCUT2D eigenvalue weighted by Gasteiger charge is 2.33. The summed E-state index contributed by atoms with van der Waals surface area (Å²) in [6.45, 7) is -0.0473. The van der Waals surface area contributed by atoms with E-state index in [-0.39, 0.29) is 23.6 Å². The molecule has 16 heavy (non-hydrogen) atoms. The van der Waals surface area contributed by atoms with Crippen LogP contribution in [0.1, 0.15) is 15.9 Å². The molecule has 1 aromatic carbocycles. The zero-order valence-electron chi connectivity index (χ0n) is 8.34. The predicted molar refractivity (Wildman–Crippen MR) is 49.0 cm³/mol. The number of carbonyl (C=O) groups excluding carboxylic acids is 1. The van der Waals surface area contributed by atoms with Crippen LogP contribution in [0.3, 0.4) is 0 Å². The number of nitrogens with zero attached hydrogens (tertiary/aromatic N) is 1. The van der Waals surface area contributed by atoms with Crippen LogP contribution in [0.15, 0.2) is 18.2 Å². The highest BCUT2D eigenvalue weighted by molar-refractivity contribution is 6.00. The maximum Gasteiger partial charge on any atom is 0.416 e. The van der Waals surface area contributed by atoms with Gasteiger partial charge in [0.2, 0.25) is 0 Å². The molecule has 1 aliphatic rings. The van der Waals surface area contributed by atoms with E-state index in [2.05, 4.69) is 0 Å². The van der Waals surface area contributed by atoms with Crippen molar-refractivity contribution in [2.75, 3.05) is 13.6 Å². The van der Waals surface area contributed by atoms with Gasteiger partial charge in [-0.25, -0.2) is 0 Å². The molecule has 0 bridgehead atoms. The van der Waals surface area contributed by atoms with Crippen molar-refractivity contribution in [1.82, 2.24) is 5.06 Å². The minimum absolute atomic E-state index is 0.0204. The summed E-state index contributed by atoms with van der Waals surface area (Å²) in [5.74, 6) is -0.221. The molecule has 6 heteroatoms. The molecule has 1 heterocycles. The van der Waals surface area contributed by atoms with Gasteiger partial charge in [0, 0.05) is 7.05 Å². The Balaban J connectivity index is 2.47. The number of hydroxylamine groups is 2. The molecule has 1 aliphatic heterocycles. The van der Waals surface area contributed by atoms with Gasteiger partial charge in [-0.15, -0.1) is 5.06 Å². The highest BCUT2D eigenvalue weighted by atomic mass is 19.4. The molecule has 0 amide bonds. The molecule has 1 aromatic rings. The van der Waals surface area contributed by atoms with E-state index >= 15 is 0 Å². The number of hydrogen-bond acceptors (Lipinski definition) is 3. The highest BCUT2D eigenvalue weighted by Crippen LogP contribution is 2.33. The van der Waals surface area contributed by atoms with Gasteiger partial charge in [-0.05, 0) is 18.2 Å². The Hall–Kier alpha value is -1.56. The van der Waals surface area contributed by atoms with Gasteiger partial charge in [0.1, 0.15) is 0 Å². The lowest BCUT2D eigenvalue weighted by Gasteiger charge is -2.24. The molecule has 0 radical (unpaired) electrons. The molecule has 0 fully saturated rings. The summed E-state index contributed by atoms with van der Waals surface area (Å²) in [5, 5.41) is 1.28. The summed E-state index contributed by atoms with van der Waals surface area (Å²) in [6, 6.07) is 2.88. The van der Waals surface area contributed by atoms with Crippen LogP contribution in [0, 0.1) is 0 Å². The average Bonchev–Trinajstić information content (AvgIpc) is 2.15. The average molecular weight is 231 g/mol. The molecule has 3 nitrogen and oxygen atoms in total. The van der Waals surface area contributed by atoms with E-state index < -0.39 is 11.7 Å². The summed E-state index contributed by atoms with van der Waals surface area (Å²) < 4.78 is 37.2. The number of benzene rings is 1. The maximum absolute atomic E-state index is 12.4. The zero-order chi connectivity index (χ0) is 11.9. The third-order valence-electron chi connectivity index (χ3n) is 2.23. The molecule has 0 N–H and O–H groups in total. The number of likely N-dealkylation sites (N-methyl/N-ethyl adjacent to an activating group) is 1. The smallest absolute Gasteiger partial charge is 0.405 e. The Morgan fingerprint density at radius 1 is 1.38 bits per heavy atom. The molecule has 0 saturated carbocycles. The lowest BCUT2D eigenvalue weighted by atomic mass is 10.0. The monoisotopic (exact) mass is 231 g/mol. The summed E-state index contributed by atoms with van der Waals surface area (Å²) >= 11 is 0. The third-order valence-corrected chi connectivity index (χ3v) is 2.23. The van der Waals surface area contributed by atoms with Crippen LogP contribution in [0.2, 0.25) is 0 Å². The summed E-state index contributed by atoms with van der Waals surface area (Å²) in [5.41, 5.74) is -0.860. The minimum atomic E-state index is -4.45. The van der Waals surface area contributed by atoms with Crippen molar-refractivity contribution >= 4 is 5.78 Å². The van der Waals surface area contributed by atoms with Crippen molar-refractivity contribution in [2.45, 2.75) is 6.18 Å². The van der Waals surface area contributed by atoms with E-state index in [1.165, 1.54) is 5.06 Å². The topological polar surface area (TPSA) is 29.5 Å². The Kier molecular flexibility index (Phi) is 2.38. The Morgan fingerprint density at radius 3 is 2.69 bits per heavy atom. The number of alkyl halides is 3. The Labute approximate surface area is 89.4 Å². The second-order valence-corrected chi connectivity index (χ2v) is 3.51. The lowest BCUT2D eigenvalue weighted by molar-refractivity contribution is -0.137. The second-order valence-electron chi connectivity index (χ2n) is 3.51. The van der Waals surface area contributed by atoms with Crippen LogP contribution in [0.5, 0.6) is 5.75 Å². The first-order valence-corrected chi connectivity index (χ1v) is 4.51. The van der Waals surface area contributed by atoms with Crippen LogP contribution in [-0.4, -0.2) is 24.4 Å². The third kappa shape index (κ3) is 1.88. The van der Waals surface area contributed by atoms with Gasteiger partial charge in [-0.2, -0.15) is 13.2 Å². The lowest BCUT2D eigenvalue weighted by Crippen LogP contribution is -2.34. The van der Waals surface area contributed by atoms with Gasteiger partial charge in [0.05, 0.1) is 17.7 Å². The Bertz CT molecular complexity index is 442. The largest absolute Gasteiger partial charge is 0.416 e. The molecule has 0 atom stereocenters. The first kappa shape index (κ1) is 10.9. The van der Waals surface area contributed by atoms with E-state index in [0.717, 1.165) is 18.2 Å². The molecule has 86 valence electrons. The van der Waals surface area contributed by atoms with Crippen LogP contribution in [0.25, 0.3) is 0 Å². The van der Waals surface area contributed by atoms with Gasteiger partial charge in [0.15, 0.2) is 11.5 Å². The number of ketones is 1. The van der Waals surface area contributed by atoms with E-state index in [1.807, 2.05) is 0 Å². The van der Waals surface area contributed by atoms with Gasteiger partial charge >= 0.3 is 6.18 Å². The number of rotatable bonds is 0. The maximum atomic E-state index is 12.4. The first-order valence-electron chi connectivity index (χ1n) is 4.51. The number of halogens is 3. The molecular weight excluding hydrogens is 223 g/mol. The van der Waals surface area contributed by atoms with Crippen LogP contribution in [0.4, 0.5) is 13.2 Å². The molecular formula is C10H8F3NO2. The predicted octanol–water partition coefficient (Wildman–Crippen LogP) is 2.13. The SMILES string of the molecule is CN1CC(=O)c2cc(C(F)(F)F)ccc2O1. The summed E-state index contributed by atoms with van der Waals surface area (Å²) in [6.07, 6.45) is -4.45. The fourth-order valence-electron chi connectivity index (χ4n) is 1.49. The van der Waals surface area contributed by atoms with E-state index in [4.69, 9.17) is 4.84 Å². The van der Waals surface area contributed by atoms with Gasteiger partial charge in [-0.1, -0.05) is 0 Å². The molecule has 0 aromatic heterocycles. The second kappa shape index (κ2) is 3.48. The first-order chi connectivity index (χ1) is 7.38. The fourth-order valence-corrected chi connectivity index (χ4v) is 1.49. The quantitative estimate of drug-likeness (QED) is 0.685. The van der Waals surface area contributed by atoms with E-state index in [9.17, 15) is 18.0 Å². The van der Waals surface area contributed by atoms with Crippen molar-refractivity contribution in [2.24, 2.45) is 0 Å². The molecule has 0 spiro atoms. The Morgan fingerprint density at radius 2 is 2.06 bits per heavy atom. The number of fused-ring (bicyclic) bond motifs is 1. The van der Waals surface area contributed by atoms with Crippen molar-refractivity contribution in [1.29, 1.82) is 0 Å². The van der Waals surface area contributed by atoms with Crippen molar-refractivity contribution in [3.05, 3.63) is 29.3 Å². The van der Waals surface area contributed by atoms with Crippen LogP contribution < -0.4 is 4.84 Å². The van der Waals surface area contributed by atoms with Crippen LogP contribution in [-0.2, 0) is 6.18 Å². The molecule has 0 unspecified atom stereocenters. The van der Waals surface area contributed by atoms with E-state index in [1.54, 1.807) is 7.05 Å². The van der Waals surface area contributed by atoms with Crippen molar-refractivity contribution < 1.29 is 22.8 Å². The molecule has 0 aliphatic carbocycles. The number of Topliss-reactive ketones (excluding diaryl/α,β-unsaturated/α-hetero) is 1. The fraction of sp³-hybridized carbons (Fsp3) is 0.300. The van der Waals surface area contributed by atoms with Gasteiger partial charge < -0.3 is 4.84 Å². The minimum Gasteiger partial charge on any atom is -0.405 e. The van der Waals surface area contributed by atoms with Gasteiger partial charge in [0.25, 0.3) is 0 Å². The number of hydrogen-bond donors (Lipinski definition) is 0. The number of carbonyl (C=O) groups is 1. The zero-order valence-corrected chi connectivity index (χ0v) is 8.34. The van der Waals surface area contributed by atoms with Gasteiger partial charge in [-0.3, -0.25) is 4.79 Å². The van der Waals surface area contributed by atoms with Crippen molar-refractivity contribution in [3.8, 4) is 5.75 Å². The molecule has 0 saturated heterocycles. The standard InChI is InChI=1S/C10H8F3NO2/c1-14-5-8(15)7-4-6(10(11,12)13)2-3-9(7)16-14/h2-4H,5H2,1H3.